The van der Waals surface area contributed by atoms with E-state index in [9.17, 15) is 4.79 Å². The van der Waals surface area contributed by atoms with Gasteiger partial charge in [0.15, 0.2) is 0 Å². The van der Waals surface area contributed by atoms with Crippen LogP contribution in [0.25, 0.3) is 0 Å². The number of carboxylic acids is 1. The molecule has 1 aromatic carbocycles. The number of benzene rings is 1. The van der Waals surface area contributed by atoms with Crippen molar-refractivity contribution in [1.82, 2.24) is 0 Å². The van der Waals surface area contributed by atoms with Crippen LogP contribution in [0.2, 0.25) is 0 Å². The summed E-state index contributed by atoms with van der Waals surface area (Å²) in [6, 6.07) is 5.72. The van der Waals surface area contributed by atoms with Gasteiger partial charge in [-0.3, -0.25) is 4.79 Å². The van der Waals surface area contributed by atoms with Crippen molar-refractivity contribution in [2.45, 2.75) is 12.3 Å². The van der Waals surface area contributed by atoms with E-state index in [0.717, 1.165) is 22.2 Å². The number of carbonyl (C=O) groups is 1. The van der Waals surface area contributed by atoms with Crippen molar-refractivity contribution in [3.8, 4) is 5.75 Å². The number of carboxylic acid groups (broad SMARTS) is 1. The van der Waals surface area contributed by atoms with Crippen LogP contribution in [0.1, 0.15) is 17.9 Å². The summed E-state index contributed by atoms with van der Waals surface area (Å²) >= 11 is 3.39. The summed E-state index contributed by atoms with van der Waals surface area (Å²) in [5, 5.41) is 8.82. The molecule has 1 N–H and O–H groups in total. The van der Waals surface area contributed by atoms with Crippen LogP contribution in [0.5, 0.6) is 5.75 Å². The van der Waals surface area contributed by atoms with Crippen LogP contribution < -0.4 is 4.74 Å². The number of hydrogen-bond acceptors (Lipinski definition) is 2. The Morgan fingerprint density at radius 1 is 1.60 bits per heavy atom. The van der Waals surface area contributed by atoms with Gasteiger partial charge >= 0.3 is 5.97 Å². The molecule has 0 aliphatic heterocycles. The maximum Gasteiger partial charge on any atom is 0.307 e. The third kappa shape index (κ3) is 2.00. The number of hydrogen-bond donors (Lipinski definition) is 1. The molecule has 1 fully saturated rings. The lowest BCUT2D eigenvalue weighted by Gasteiger charge is -2.05. The zero-order valence-corrected chi connectivity index (χ0v) is 9.82. The van der Waals surface area contributed by atoms with E-state index >= 15 is 0 Å². The predicted octanol–water partition coefficient (Wildman–Crippen LogP) is 2.65. The lowest BCUT2D eigenvalue weighted by Crippen LogP contribution is -1.99. The number of aliphatic carboxylic acids is 1. The van der Waals surface area contributed by atoms with Crippen molar-refractivity contribution in [2.75, 3.05) is 7.11 Å². The van der Waals surface area contributed by atoms with Crippen LogP contribution in [0.15, 0.2) is 22.7 Å². The number of methoxy groups -OCH3 is 1. The molecular weight excluding hydrogens is 260 g/mol. The van der Waals surface area contributed by atoms with Crippen molar-refractivity contribution in [3.63, 3.8) is 0 Å². The van der Waals surface area contributed by atoms with Gasteiger partial charge < -0.3 is 9.84 Å². The molecule has 1 saturated carbocycles. The minimum Gasteiger partial charge on any atom is -0.496 e. The minimum atomic E-state index is -0.702. The second-order valence-corrected chi connectivity index (χ2v) is 4.54. The molecule has 0 heterocycles. The smallest absolute Gasteiger partial charge is 0.307 e. The topological polar surface area (TPSA) is 46.5 Å². The number of ether oxygens (including phenoxy) is 1. The molecule has 2 rings (SSSR count). The number of rotatable bonds is 3. The Kier molecular flexibility index (Phi) is 2.69. The quantitative estimate of drug-likeness (QED) is 0.919. The standard InChI is InChI=1S/C11H11BrO3/c1-15-10-3-2-6(4-9(10)12)7-5-8(7)11(13)14/h2-4,7-8H,5H2,1H3,(H,13,14)/t7-,8+/m0/s1. The second-order valence-electron chi connectivity index (χ2n) is 3.68. The molecular formula is C11H11BrO3. The summed E-state index contributed by atoms with van der Waals surface area (Å²) < 4.78 is 5.98. The molecule has 1 aliphatic rings. The summed E-state index contributed by atoms with van der Waals surface area (Å²) in [5.41, 5.74) is 1.06. The maximum atomic E-state index is 10.7. The van der Waals surface area contributed by atoms with Gasteiger partial charge in [-0.15, -0.1) is 0 Å². The lowest BCUT2D eigenvalue weighted by atomic mass is 10.1. The normalized spacial score (nSPS) is 23.6. The summed E-state index contributed by atoms with van der Waals surface area (Å²) in [6.45, 7) is 0. The Morgan fingerprint density at radius 3 is 2.80 bits per heavy atom. The van der Waals surface area contributed by atoms with E-state index < -0.39 is 5.97 Å². The highest BCUT2D eigenvalue weighted by atomic mass is 79.9. The molecule has 1 aromatic rings. The first kappa shape index (κ1) is 10.5. The average Bonchev–Trinajstić information content (AvgIpc) is 2.97. The van der Waals surface area contributed by atoms with Crippen LogP contribution in [0, 0.1) is 5.92 Å². The van der Waals surface area contributed by atoms with Crippen LogP contribution in [0.3, 0.4) is 0 Å². The van der Waals surface area contributed by atoms with Crippen LogP contribution in [0.4, 0.5) is 0 Å². The first-order valence-corrected chi connectivity index (χ1v) is 5.49. The SMILES string of the molecule is COc1ccc([C@@H]2C[C@H]2C(=O)O)cc1Br. The van der Waals surface area contributed by atoms with Gasteiger partial charge in [0, 0.05) is 0 Å². The summed E-state index contributed by atoms with van der Waals surface area (Å²) in [4.78, 5) is 10.7. The van der Waals surface area contributed by atoms with E-state index in [-0.39, 0.29) is 11.8 Å². The highest BCUT2D eigenvalue weighted by Crippen LogP contribution is 2.48. The Bertz CT molecular complexity index is 403. The van der Waals surface area contributed by atoms with Gasteiger partial charge in [-0.1, -0.05) is 6.07 Å². The Balaban J connectivity index is 2.18. The first-order chi connectivity index (χ1) is 7.13. The average molecular weight is 271 g/mol. The van der Waals surface area contributed by atoms with E-state index in [2.05, 4.69) is 15.9 Å². The third-order valence-electron chi connectivity index (χ3n) is 2.71. The maximum absolute atomic E-state index is 10.7. The molecule has 1 aliphatic carbocycles. The van der Waals surface area contributed by atoms with Crippen LogP contribution >= 0.6 is 15.9 Å². The summed E-state index contributed by atoms with van der Waals surface area (Å²) in [5.74, 6) is 0.0354. The third-order valence-corrected chi connectivity index (χ3v) is 3.33. The van der Waals surface area contributed by atoms with E-state index in [1.807, 2.05) is 18.2 Å². The van der Waals surface area contributed by atoms with Gasteiger partial charge in [0.05, 0.1) is 17.5 Å². The van der Waals surface area contributed by atoms with Gasteiger partial charge in [-0.25, -0.2) is 0 Å². The molecule has 4 heteroatoms. The highest BCUT2D eigenvalue weighted by molar-refractivity contribution is 9.10. The van der Waals surface area contributed by atoms with Gasteiger partial charge in [0.2, 0.25) is 0 Å². The molecule has 15 heavy (non-hydrogen) atoms. The van der Waals surface area contributed by atoms with Gasteiger partial charge in [0.1, 0.15) is 5.75 Å². The Labute approximate surface area is 96.2 Å². The van der Waals surface area contributed by atoms with E-state index in [1.165, 1.54) is 0 Å². The lowest BCUT2D eigenvalue weighted by molar-refractivity contribution is -0.138. The first-order valence-electron chi connectivity index (χ1n) is 4.69. The molecule has 0 radical (unpaired) electrons. The zero-order valence-electron chi connectivity index (χ0n) is 8.24. The molecule has 0 amide bonds. The molecule has 0 bridgehead atoms. The van der Waals surface area contributed by atoms with Crippen molar-refractivity contribution < 1.29 is 14.6 Å². The summed E-state index contributed by atoms with van der Waals surface area (Å²) in [6.07, 6.45) is 0.744. The molecule has 2 atom stereocenters. The van der Waals surface area contributed by atoms with Gasteiger partial charge in [0.25, 0.3) is 0 Å². The second kappa shape index (κ2) is 3.85. The molecule has 0 spiro atoms. The van der Waals surface area contributed by atoms with E-state index in [1.54, 1.807) is 7.11 Å². The molecule has 0 unspecified atom stereocenters. The van der Waals surface area contributed by atoms with Crippen LogP contribution in [-0.4, -0.2) is 18.2 Å². The van der Waals surface area contributed by atoms with Crippen molar-refractivity contribution in [1.29, 1.82) is 0 Å². The monoisotopic (exact) mass is 270 g/mol. The summed E-state index contributed by atoms with van der Waals surface area (Å²) in [7, 11) is 1.61. The molecule has 3 nitrogen and oxygen atoms in total. The largest absolute Gasteiger partial charge is 0.496 e. The molecule has 80 valence electrons. The van der Waals surface area contributed by atoms with Gasteiger partial charge in [-0.2, -0.15) is 0 Å². The molecule has 0 aromatic heterocycles. The zero-order chi connectivity index (χ0) is 11.0. The fourth-order valence-corrected chi connectivity index (χ4v) is 2.31. The molecule has 0 saturated heterocycles. The van der Waals surface area contributed by atoms with E-state index in [0.29, 0.717) is 0 Å². The van der Waals surface area contributed by atoms with Crippen molar-refractivity contribution >= 4 is 21.9 Å². The fraction of sp³-hybridized carbons (Fsp3) is 0.364. The van der Waals surface area contributed by atoms with E-state index in [4.69, 9.17) is 9.84 Å². The Hall–Kier alpha value is -1.03. The minimum absolute atomic E-state index is 0.171. The van der Waals surface area contributed by atoms with Crippen LogP contribution in [-0.2, 0) is 4.79 Å². The van der Waals surface area contributed by atoms with Gasteiger partial charge in [-0.05, 0) is 46.0 Å². The fourth-order valence-electron chi connectivity index (χ4n) is 1.75. The Morgan fingerprint density at radius 2 is 2.33 bits per heavy atom. The number of halogens is 1. The predicted molar refractivity (Wildman–Crippen MR) is 59.2 cm³/mol. The van der Waals surface area contributed by atoms with Crippen molar-refractivity contribution in [2.24, 2.45) is 5.92 Å². The highest BCUT2D eigenvalue weighted by Gasteiger charge is 2.44. The van der Waals surface area contributed by atoms with Crippen molar-refractivity contribution in [3.05, 3.63) is 28.2 Å².